The molecule has 3 heteroatoms. The van der Waals surface area contributed by atoms with Gasteiger partial charge in [-0.1, -0.05) is 39.3 Å². The molecule has 0 unspecified atom stereocenters. The van der Waals surface area contributed by atoms with Crippen LogP contribution in [0.3, 0.4) is 0 Å². The predicted octanol–water partition coefficient (Wildman–Crippen LogP) is 4.18. The highest BCUT2D eigenvalue weighted by Gasteiger charge is 2.43. The second-order valence-corrected chi connectivity index (χ2v) is 6.39. The maximum absolute atomic E-state index is 11.5. The second-order valence-electron chi connectivity index (χ2n) is 6.39. The molecular formula is C18H26O3. The molecular weight excluding hydrogens is 264 g/mol. The molecule has 1 aromatic carbocycles. The standard InChI is InChI=1S/C18H26O3/c1-5-15-12(3)17(18(19)20)11(2)10-16(15)13-6-8-14(21-4)9-7-13/h6-9,11-12,15-17H,5,10H2,1-4H3,(H,19,20)/t11-,12+,15-,16-,17-/m0/s1. The minimum absolute atomic E-state index is 0.211. The largest absolute Gasteiger partial charge is 0.497 e. The van der Waals surface area contributed by atoms with Gasteiger partial charge in [0.15, 0.2) is 0 Å². The van der Waals surface area contributed by atoms with E-state index >= 15 is 0 Å². The van der Waals surface area contributed by atoms with Crippen molar-refractivity contribution in [2.75, 3.05) is 7.11 Å². The van der Waals surface area contributed by atoms with Gasteiger partial charge in [-0.15, -0.1) is 0 Å². The quantitative estimate of drug-likeness (QED) is 0.904. The van der Waals surface area contributed by atoms with Gasteiger partial charge in [-0.25, -0.2) is 0 Å². The van der Waals surface area contributed by atoms with Gasteiger partial charge in [0.2, 0.25) is 0 Å². The van der Waals surface area contributed by atoms with E-state index in [9.17, 15) is 9.90 Å². The molecule has 116 valence electrons. The fraction of sp³-hybridized carbons (Fsp3) is 0.611. The Bertz CT molecular complexity index is 480. The van der Waals surface area contributed by atoms with Crippen LogP contribution in [0, 0.1) is 23.7 Å². The van der Waals surface area contributed by atoms with E-state index < -0.39 is 5.97 Å². The summed E-state index contributed by atoms with van der Waals surface area (Å²) in [5.41, 5.74) is 1.31. The number of carbonyl (C=O) groups is 1. The summed E-state index contributed by atoms with van der Waals surface area (Å²) in [7, 11) is 1.67. The lowest BCUT2D eigenvalue weighted by Gasteiger charge is -2.43. The summed E-state index contributed by atoms with van der Waals surface area (Å²) in [6.07, 6.45) is 1.97. The van der Waals surface area contributed by atoms with Crippen molar-refractivity contribution in [3.05, 3.63) is 29.8 Å². The Balaban J connectivity index is 2.28. The van der Waals surface area contributed by atoms with Gasteiger partial charge in [0, 0.05) is 0 Å². The smallest absolute Gasteiger partial charge is 0.307 e. The van der Waals surface area contributed by atoms with Crippen LogP contribution in [-0.2, 0) is 4.79 Å². The molecule has 0 aliphatic heterocycles. The van der Waals surface area contributed by atoms with Gasteiger partial charge in [0.1, 0.15) is 5.75 Å². The topological polar surface area (TPSA) is 46.5 Å². The number of methoxy groups -OCH3 is 1. The summed E-state index contributed by atoms with van der Waals surface area (Å²) >= 11 is 0. The zero-order valence-corrected chi connectivity index (χ0v) is 13.4. The lowest BCUT2D eigenvalue weighted by molar-refractivity contribution is -0.148. The molecule has 3 nitrogen and oxygen atoms in total. The number of carboxylic acids is 1. The van der Waals surface area contributed by atoms with Gasteiger partial charge in [0.25, 0.3) is 0 Å². The molecule has 1 fully saturated rings. The molecule has 0 saturated heterocycles. The molecule has 0 aromatic heterocycles. The molecule has 0 radical (unpaired) electrons. The Morgan fingerprint density at radius 1 is 1.29 bits per heavy atom. The van der Waals surface area contributed by atoms with E-state index in [2.05, 4.69) is 32.9 Å². The first-order valence-corrected chi connectivity index (χ1v) is 7.86. The van der Waals surface area contributed by atoms with Gasteiger partial charge in [-0.2, -0.15) is 0 Å². The first-order chi connectivity index (χ1) is 9.99. The van der Waals surface area contributed by atoms with E-state index in [1.54, 1.807) is 7.11 Å². The fourth-order valence-corrected chi connectivity index (χ4v) is 4.23. The minimum atomic E-state index is -0.637. The van der Waals surface area contributed by atoms with Crippen LogP contribution in [-0.4, -0.2) is 18.2 Å². The van der Waals surface area contributed by atoms with Crippen LogP contribution in [0.4, 0.5) is 0 Å². The Labute approximate surface area is 127 Å². The number of carboxylic acid groups (broad SMARTS) is 1. The monoisotopic (exact) mass is 290 g/mol. The molecule has 1 N–H and O–H groups in total. The number of rotatable bonds is 4. The zero-order valence-electron chi connectivity index (χ0n) is 13.4. The first-order valence-electron chi connectivity index (χ1n) is 7.86. The van der Waals surface area contributed by atoms with Gasteiger partial charge >= 0.3 is 5.97 Å². The highest BCUT2D eigenvalue weighted by atomic mass is 16.5. The number of hydrogen-bond donors (Lipinski definition) is 1. The highest BCUT2D eigenvalue weighted by Crippen LogP contribution is 2.48. The van der Waals surface area contributed by atoms with Crippen molar-refractivity contribution in [1.82, 2.24) is 0 Å². The number of aliphatic carboxylic acids is 1. The average Bonchev–Trinajstić information content (AvgIpc) is 2.46. The summed E-state index contributed by atoms with van der Waals surface area (Å²) in [6.45, 7) is 6.36. The third-order valence-corrected chi connectivity index (χ3v) is 5.30. The van der Waals surface area contributed by atoms with Gasteiger partial charge in [-0.3, -0.25) is 4.79 Å². The van der Waals surface area contributed by atoms with Crippen molar-refractivity contribution in [3.8, 4) is 5.75 Å². The van der Waals surface area contributed by atoms with Crippen molar-refractivity contribution >= 4 is 5.97 Å². The molecule has 1 aliphatic carbocycles. The molecule has 0 amide bonds. The minimum Gasteiger partial charge on any atom is -0.497 e. The molecule has 5 atom stereocenters. The van der Waals surface area contributed by atoms with Crippen molar-refractivity contribution in [3.63, 3.8) is 0 Å². The van der Waals surface area contributed by atoms with Crippen molar-refractivity contribution in [2.45, 2.75) is 39.5 Å². The van der Waals surface area contributed by atoms with Crippen LogP contribution in [0.5, 0.6) is 5.75 Å². The van der Waals surface area contributed by atoms with E-state index in [1.807, 2.05) is 12.1 Å². The molecule has 1 aliphatic rings. The van der Waals surface area contributed by atoms with Gasteiger partial charge < -0.3 is 9.84 Å². The maximum atomic E-state index is 11.5. The van der Waals surface area contributed by atoms with E-state index in [4.69, 9.17) is 4.74 Å². The molecule has 1 saturated carbocycles. The Morgan fingerprint density at radius 2 is 1.90 bits per heavy atom. The fourth-order valence-electron chi connectivity index (χ4n) is 4.23. The molecule has 0 spiro atoms. The van der Waals surface area contributed by atoms with E-state index in [1.165, 1.54) is 5.56 Å². The summed E-state index contributed by atoms with van der Waals surface area (Å²) in [5, 5.41) is 9.50. The normalized spacial score (nSPS) is 32.7. The van der Waals surface area contributed by atoms with Gasteiger partial charge in [-0.05, 0) is 47.8 Å². The van der Waals surface area contributed by atoms with Crippen LogP contribution >= 0.6 is 0 Å². The summed E-state index contributed by atoms with van der Waals surface area (Å²) in [4.78, 5) is 11.5. The predicted molar refractivity (Wildman–Crippen MR) is 83.6 cm³/mol. The maximum Gasteiger partial charge on any atom is 0.307 e. The SMILES string of the molecule is CC[C@H]1[C@@H](C)[C@@H](C(=O)O)[C@@H](C)C[C@H]1c1ccc(OC)cc1. The first kappa shape index (κ1) is 15.9. The molecule has 2 rings (SSSR count). The lowest BCUT2D eigenvalue weighted by Crippen LogP contribution is -2.40. The van der Waals surface area contributed by atoms with E-state index in [0.29, 0.717) is 11.8 Å². The molecule has 1 aromatic rings. The third kappa shape index (κ3) is 3.07. The van der Waals surface area contributed by atoms with Crippen molar-refractivity contribution < 1.29 is 14.6 Å². The average molecular weight is 290 g/mol. The van der Waals surface area contributed by atoms with Crippen molar-refractivity contribution in [1.29, 1.82) is 0 Å². The van der Waals surface area contributed by atoms with E-state index in [0.717, 1.165) is 18.6 Å². The lowest BCUT2D eigenvalue weighted by atomic mass is 9.60. The summed E-state index contributed by atoms with van der Waals surface area (Å²) < 4.78 is 5.22. The molecule has 0 heterocycles. The second kappa shape index (κ2) is 6.50. The zero-order chi connectivity index (χ0) is 15.6. The van der Waals surface area contributed by atoms with Gasteiger partial charge in [0.05, 0.1) is 13.0 Å². The van der Waals surface area contributed by atoms with Crippen molar-refractivity contribution in [2.24, 2.45) is 23.7 Å². The Hall–Kier alpha value is -1.51. The number of hydrogen-bond acceptors (Lipinski definition) is 2. The Kier molecular flexibility index (Phi) is 4.92. The van der Waals surface area contributed by atoms with E-state index in [-0.39, 0.29) is 17.8 Å². The molecule has 0 bridgehead atoms. The Morgan fingerprint density at radius 3 is 2.38 bits per heavy atom. The van der Waals surface area contributed by atoms with Crippen LogP contribution in [0.15, 0.2) is 24.3 Å². The third-order valence-electron chi connectivity index (χ3n) is 5.30. The van der Waals surface area contributed by atoms with Crippen LogP contribution in [0.1, 0.15) is 45.1 Å². The summed E-state index contributed by atoms with van der Waals surface area (Å²) in [5.74, 6) is 1.31. The summed E-state index contributed by atoms with van der Waals surface area (Å²) in [6, 6.07) is 8.26. The highest BCUT2D eigenvalue weighted by molar-refractivity contribution is 5.71. The van der Waals surface area contributed by atoms with Crippen LogP contribution in [0.2, 0.25) is 0 Å². The number of ether oxygens (including phenoxy) is 1. The number of benzene rings is 1. The van der Waals surface area contributed by atoms with Crippen LogP contribution in [0.25, 0.3) is 0 Å². The molecule has 21 heavy (non-hydrogen) atoms. The van der Waals surface area contributed by atoms with Crippen LogP contribution < -0.4 is 4.74 Å².